The molecule has 1 aliphatic heterocycles. The molecule has 4 amide bonds. The van der Waals surface area contributed by atoms with Crippen LogP contribution in [-0.2, 0) is 0 Å². The molecule has 24 heavy (non-hydrogen) atoms. The van der Waals surface area contributed by atoms with Gasteiger partial charge in [0.1, 0.15) is 11.7 Å². The van der Waals surface area contributed by atoms with Crippen LogP contribution in [0.1, 0.15) is 69.2 Å². The van der Waals surface area contributed by atoms with Crippen molar-refractivity contribution in [1.82, 2.24) is 9.80 Å². The summed E-state index contributed by atoms with van der Waals surface area (Å²) >= 11 is 0. The number of carbonyl (C=O) groups excluding carboxylic acids is 2. The minimum absolute atomic E-state index is 0.0743. The molecule has 0 spiro atoms. The predicted molar refractivity (Wildman–Crippen MR) is 98.5 cm³/mol. The molecule has 6 heteroatoms. The molecule has 0 fully saturated rings. The van der Waals surface area contributed by atoms with Crippen molar-refractivity contribution in [1.29, 1.82) is 0 Å². The van der Waals surface area contributed by atoms with Gasteiger partial charge in [0.25, 0.3) is 0 Å². The predicted octanol–water partition coefficient (Wildman–Crippen LogP) is 4.55. The van der Waals surface area contributed by atoms with Gasteiger partial charge in [-0.15, -0.1) is 0 Å². The van der Waals surface area contributed by atoms with Crippen molar-refractivity contribution in [2.24, 2.45) is 21.8 Å². The highest BCUT2D eigenvalue weighted by Gasteiger charge is 2.39. The van der Waals surface area contributed by atoms with E-state index in [0.717, 1.165) is 0 Å². The Morgan fingerprint density at radius 3 is 1.08 bits per heavy atom. The number of amides is 4. The molecular formula is C18H32N4O2. The van der Waals surface area contributed by atoms with Crippen molar-refractivity contribution in [3.63, 3.8) is 0 Å². The Kier molecular flexibility index (Phi) is 5.63. The Balaban J connectivity index is 3.68. The number of rotatable bonds is 2. The summed E-state index contributed by atoms with van der Waals surface area (Å²) in [6.45, 7) is 19.2. The van der Waals surface area contributed by atoms with E-state index in [4.69, 9.17) is 0 Å². The van der Waals surface area contributed by atoms with Crippen molar-refractivity contribution in [3.05, 3.63) is 0 Å². The summed E-state index contributed by atoms with van der Waals surface area (Å²) in [5.41, 5.74) is -1.04. The van der Waals surface area contributed by atoms with Crippen LogP contribution in [0.25, 0.3) is 0 Å². The van der Waals surface area contributed by atoms with E-state index in [-0.39, 0.29) is 23.9 Å². The molecule has 136 valence electrons. The molecule has 6 nitrogen and oxygen atoms in total. The van der Waals surface area contributed by atoms with Gasteiger partial charge in [-0.25, -0.2) is 9.59 Å². The average Bonchev–Trinajstić information content (AvgIpc) is 2.31. The number of hydrogen-bond donors (Lipinski definition) is 0. The van der Waals surface area contributed by atoms with E-state index in [1.807, 2.05) is 69.2 Å². The third kappa shape index (κ3) is 4.22. The minimum atomic E-state index is -0.518. The smallest absolute Gasteiger partial charge is 0.274 e. The summed E-state index contributed by atoms with van der Waals surface area (Å²) in [7, 11) is 0. The van der Waals surface area contributed by atoms with Crippen molar-refractivity contribution < 1.29 is 9.59 Å². The largest absolute Gasteiger partial charge is 0.351 e. The van der Waals surface area contributed by atoms with Crippen LogP contribution >= 0.6 is 0 Å². The van der Waals surface area contributed by atoms with Crippen molar-refractivity contribution in [3.8, 4) is 0 Å². The Morgan fingerprint density at radius 2 is 0.917 bits per heavy atom. The zero-order valence-electron chi connectivity index (χ0n) is 16.8. The molecule has 0 saturated heterocycles. The second-order valence-corrected chi connectivity index (χ2v) is 8.83. The molecule has 1 heterocycles. The van der Waals surface area contributed by atoms with Crippen LogP contribution in [0, 0.1) is 11.8 Å². The molecule has 0 saturated carbocycles. The van der Waals surface area contributed by atoms with Gasteiger partial charge in [-0.3, -0.25) is 9.80 Å². The number of urea groups is 2. The van der Waals surface area contributed by atoms with E-state index in [2.05, 4.69) is 9.98 Å². The fraction of sp³-hybridized carbons (Fsp3) is 0.778. The highest BCUT2D eigenvalue weighted by molar-refractivity contribution is 6.13. The second-order valence-electron chi connectivity index (χ2n) is 8.83. The zero-order chi connectivity index (χ0) is 19.0. The molecule has 0 aliphatic carbocycles. The number of nitrogens with zero attached hydrogens (tertiary/aromatic N) is 4. The molecule has 0 aromatic carbocycles. The van der Waals surface area contributed by atoms with E-state index in [1.54, 1.807) is 0 Å². The zero-order valence-corrected chi connectivity index (χ0v) is 16.8. The lowest BCUT2D eigenvalue weighted by molar-refractivity contribution is 0.185. The van der Waals surface area contributed by atoms with Gasteiger partial charge in [0.05, 0.1) is 0 Å². The molecule has 1 aliphatic rings. The Hall–Kier alpha value is -1.72. The standard InChI is InChI=1S/C18H32N4O2/c1-11(2)13-19-15(23)22(18(8,9)10)14(12(3)4)20-16(24)21(13)17(5,6)7/h11-12H,1-10H3/b19-13-,20-14-. The fourth-order valence-electron chi connectivity index (χ4n) is 2.63. The molecule has 0 atom stereocenters. The summed E-state index contributed by atoms with van der Waals surface area (Å²) < 4.78 is 0. The molecule has 0 unspecified atom stereocenters. The van der Waals surface area contributed by atoms with Gasteiger partial charge in [0, 0.05) is 22.9 Å². The van der Waals surface area contributed by atoms with Crippen LogP contribution < -0.4 is 0 Å². The number of aliphatic imine (C=N–C) groups is 2. The summed E-state index contributed by atoms with van der Waals surface area (Å²) in [6.07, 6.45) is 0. The molecule has 1 rings (SSSR count). The van der Waals surface area contributed by atoms with Crippen LogP contribution in [0.4, 0.5) is 9.59 Å². The lowest BCUT2D eigenvalue weighted by Crippen LogP contribution is -2.56. The topological polar surface area (TPSA) is 65.3 Å². The van der Waals surface area contributed by atoms with E-state index in [1.165, 1.54) is 9.80 Å². The van der Waals surface area contributed by atoms with Crippen LogP contribution in [0.2, 0.25) is 0 Å². The van der Waals surface area contributed by atoms with Crippen LogP contribution in [0.15, 0.2) is 9.98 Å². The van der Waals surface area contributed by atoms with Gasteiger partial charge >= 0.3 is 12.1 Å². The maximum Gasteiger partial charge on any atom is 0.351 e. The first-order chi connectivity index (χ1) is 10.7. The maximum atomic E-state index is 12.9. The first kappa shape index (κ1) is 20.3. The average molecular weight is 336 g/mol. The van der Waals surface area contributed by atoms with Gasteiger partial charge in [0.2, 0.25) is 0 Å². The minimum Gasteiger partial charge on any atom is -0.274 e. The number of hydrogen-bond acceptors (Lipinski definition) is 2. The van der Waals surface area contributed by atoms with E-state index in [0.29, 0.717) is 11.7 Å². The van der Waals surface area contributed by atoms with Gasteiger partial charge in [-0.2, -0.15) is 9.98 Å². The van der Waals surface area contributed by atoms with Gasteiger partial charge in [-0.1, -0.05) is 27.7 Å². The van der Waals surface area contributed by atoms with E-state index < -0.39 is 11.1 Å². The summed E-state index contributed by atoms with van der Waals surface area (Å²) in [5.74, 6) is 0.765. The van der Waals surface area contributed by atoms with E-state index in [9.17, 15) is 9.59 Å². The SMILES string of the molecule is CC(C)/C1=N/C(=O)N(C(C)(C)C)/C(C(C)C)=N\C(=O)N1C(C)(C)C. The summed E-state index contributed by atoms with van der Waals surface area (Å²) in [5, 5.41) is 0. The quantitative estimate of drug-likeness (QED) is 0.742. The second kappa shape index (κ2) is 6.65. The summed E-state index contributed by atoms with van der Waals surface area (Å²) in [4.78, 5) is 37.6. The molecule has 0 aromatic heterocycles. The van der Waals surface area contributed by atoms with Crippen LogP contribution in [-0.4, -0.2) is 44.6 Å². The Labute approximate surface area is 146 Å². The van der Waals surface area contributed by atoms with Gasteiger partial charge < -0.3 is 0 Å². The first-order valence-corrected chi connectivity index (χ1v) is 8.53. The van der Waals surface area contributed by atoms with Crippen molar-refractivity contribution in [2.45, 2.75) is 80.3 Å². The Morgan fingerprint density at radius 1 is 0.667 bits per heavy atom. The van der Waals surface area contributed by atoms with Crippen molar-refractivity contribution >= 4 is 23.7 Å². The monoisotopic (exact) mass is 336 g/mol. The maximum absolute atomic E-state index is 12.9. The van der Waals surface area contributed by atoms with E-state index >= 15 is 0 Å². The lowest BCUT2D eigenvalue weighted by Gasteiger charge is -2.41. The molecule has 0 bridgehead atoms. The first-order valence-electron chi connectivity index (χ1n) is 8.53. The summed E-state index contributed by atoms with van der Waals surface area (Å²) in [6, 6.07) is -0.749. The van der Waals surface area contributed by atoms with Gasteiger partial charge in [0.15, 0.2) is 0 Å². The fourth-order valence-corrected chi connectivity index (χ4v) is 2.63. The molecule has 0 N–H and O–H groups in total. The van der Waals surface area contributed by atoms with Gasteiger partial charge in [-0.05, 0) is 41.5 Å². The molecule has 0 radical (unpaired) electrons. The third-order valence-corrected chi connectivity index (χ3v) is 3.64. The Bertz CT molecular complexity index is 523. The van der Waals surface area contributed by atoms with Crippen LogP contribution in [0.3, 0.4) is 0 Å². The molecule has 0 aromatic rings. The normalized spacial score (nSPS) is 22.3. The molecular weight excluding hydrogens is 304 g/mol. The highest BCUT2D eigenvalue weighted by Crippen LogP contribution is 2.26. The number of carbonyl (C=O) groups is 2. The van der Waals surface area contributed by atoms with Crippen LogP contribution in [0.5, 0.6) is 0 Å². The number of amidine groups is 2. The van der Waals surface area contributed by atoms with Crippen molar-refractivity contribution in [2.75, 3.05) is 0 Å². The highest BCUT2D eigenvalue weighted by atomic mass is 16.2. The lowest BCUT2D eigenvalue weighted by atomic mass is 10.0. The third-order valence-electron chi connectivity index (χ3n) is 3.64.